The minimum absolute atomic E-state index is 0.00826. The fourth-order valence-electron chi connectivity index (χ4n) is 5.41. The highest BCUT2D eigenvalue weighted by Gasteiger charge is 2.46. The Labute approximate surface area is 255 Å². The van der Waals surface area contributed by atoms with Gasteiger partial charge in [0, 0.05) is 23.3 Å². The summed E-state index contributed by atoms with van der Waals surface area (Å²) < 4.78 is 22.5. The lowest BCUT2D eigenvalue weighted by Gasteiger charge is -2.40. The van der Waals surface area contributed by atoms with E-state index in [-0.39, 0.29) is 22.8 Å². The number of rotatable bonds is 7. The van der Waals surface area contributed by atoms with Crippen molar-refractivity contribution >= 4 is 16.9 Å². The largest absolute Gasteiger partial charge is 0.508 e. The van der Waals surface area contributed by atoms with Gasteiger partial charge in [-0.3, -0.25) is 4.79 Å². The Morgan fingerprint density at radius 1 is 0.978 bits per heavy atom. The van der Waals surface area contributed by atoms with Gasteiger partial charge in [-0.1, -0.05) is 6.08 Å². The van der Waals surface area contributed by atoms with Gasteiger partial charge in [0.05, 0.1) is 5.60 Å². The number of carbonyl (C=O) groups is 1. The summed E-state index contributed by atoms with van der Waals surface area (Å²) in [6.45, 7) is 2.82. The number of esters is 1. The van der Waals surface area contributed by atoms with Gasteiger partial charge in [-0.15, -0.1) is 0 Å². The number of aromatic hydroxyl groups is 4. The van der Waals surface area contributed by atoms with Gasteiger partial charge in [0.25, 0.3) is 0 Å². The third-order valence-electron chi connectivity index (χ3n) is 8.11. The summed E-state index contributed by atoms with van der Waals surface area (Å²) in [5, 5.41) is 81.8. The highest BCUT2D eigenvalue weighted by Crippen LogP contribution is 2.39. The summed E-state index contributed by atoms with van der Waals surface area (Å²) in [5.74, 6) is -3.94. The van der Waals surface area contributed by atoms with Crippen LogP contribution in [0.25, 0.3) is 22.3 Å². The van der Waals surface area contributed by atoms with Crippen molar-refractivity contribution in [1.82, 2.24) is 0 Å². The fraction of sp³-hybridized carbons (Fsp3) is 0.419. The summed E-state index contributed by atoms with van der Waals surface area (Å²) in [6.07, 6.45) is -5.78. The third kappa shape index (κ3) is 6.41. The molecule has 2 aromatic carbocycles. The van der Waals surface area contributed by atoms with Crippen LogP contribution in [0.15, 0.2) is 51.2 Å². The minimum Gasteiger partial charge on any atom is -0.508 e. The topological polar surface area (TPSA) is 237 Å². The predicted octanol–water partition coefficient (Wildman–Crippen LogP) is 1.51. The van der Waals surface area contributed by atoms with Gasteiger partial charge in [-0.2, -0.15) is 0 Å². The molecule has 0 bridgehead atoms. The zero-order valence-electron chi connectivity index (χ0n) is 24.3. The molecule has 14 nitrogen and oxygen atoms in total. The number of aliphatic hydroxyl groups excluding tert-OH is 3. The summed E-state index contributed by atoms with van der Waals surface area (Å²) in [4.78, 5) is 26.3. The molecule has 0 amide bonds. The molecule has 45 heavy (non-hydrogen) atoms. The Bertz CT molecular complexity index is 1690. The van der Waals surface area contributed by atoms with Crippen molar-refractivity contribution in [3.05, 3.63) is 52.2 Å². The van der Waals surface area contributed by atoms with E-state index < -0.39 is 88.4 Å². The fourth-order valence-corrected chi connectivity index (χ4v) is 5.41. The molecule has 2 heterocycles. The van der Waals surface area contributed by atoms with Crippen molar-refractivity contribution in [1.29, 1.82) is 0 Å². The monoisotopic (exact) mass is 630 g/mol. The number of carbonyl (C=O) groups excluding carboxylic acids is 1. The lowest BCUT2D eigenvalue weighted by Crippen LogP contribution is -2.60. The third-order valence-corrected chi connectivity index (χ3v) is 8.11. The number of phenolic OH excluding ortho intramolecular Hbond substituents is 4. The van der Waals surface area contributed by atoms with E-state index in [0.29, 0.717) is 24.8 Å². The van der Waals surface area contributed by atoms with Crippen LogP contribution < -0.4 is 10.2 Å². The number of aliphatic hydroxyl groups is 4. The molecule has 242 valence electrons. The van der Waals surface area contributed by atoms with Gasteiger partial charge in [-0.05, 0) is 57.2 Å². The van der Waals surface area contributed by atoms with Crippen molar-refractivity contribution in [3.63, 3.8) is 0 Å². The number of fused-ring (bicyclic) bond motifs is 1. The Hall–Kier alpha value is -4.34. The van der Waals surface area contributed by atoms with Crippen molar-refractivity contribution in [3.8, 4) is 40.1 Å². The summed E-state index contributed by atoms with van der Waals surface area (Å²) in [5.41, 5.74) is -1.82. The average molecular weight is 631 g/mol. The predicted molar refractivity (Wildman–Crippen MR) is 155 cm³/mol. The highest BCUT2D eigenvalue weighted by atomic mass is 16.7. The van der Waals surface area contributed by atoms with Gasteiger partial charge < -0.3 is 59.5 Å². The molecule has 6 atom stereocenters. The molecule has 0 saturated carbocycles. The van der Waals surface area contributed by atoms with Gasteiger partial charge >= 0.3 is 5.97 Å². The van der Waals surface area contributed by atoms with Gasteiger partial charge in [0.15, 0.2) is 17.3 Å². The average Bonchev–Trinajstić information content (AvgIpc) is 2.98. The van der Waals surface area contributed by atoms with Crippen molar-refractivity contribution in [2.75, 3.05) is 6.61 Å². The summed E-state index contributed by atoms with van der Waals surface area (Å²) in [7, 11) is 0. The van der Waals surface area contributed by atoms with E-state index in [1.165, 1.54) is 6.07 Å². The lowest BCUT2D eigenvalue weighted by atomic mass is 9.79. The van der Waals surface area contributed by atoms with Crippen LogP contribution in [0.5, 0.6) is 28.7 Å². The molecule has 0 spiro atoms. The smallest absolute Gasteiger partial charge is 0.333 e. The molecule has 14 heteroatoms. The Morgan fingerprint density at radius 3 is 2.36 bits per heavy atom. The van der Waals surface area contributed by atoms with Crippen LogP contribution in [0, 0.1) is 5.92 Å². The van der Waals surface area contributed by atoms with Gasteiger partial charge in [-0.25, -0.2) is 4.79 Å². The maximum atomic E-state index is 13.6. The molecule has 1 aliphatic heterocycles. The van der Waals surface area contributed by atoms with Crippen LogP contribution in [-0.4, -0.2) is 89.7 Å². The number of allylic oxidation sites excluding steroid dienone is 1. The standard InChI is InChI=1S/C31H34O14/c1-31(2,41)15-6-3-13(4-7-15)29(40)42-12-21-23(36)25(38)26(39)30(44-21)45-28-24(37)22-19(35)10-16(32)11-20(22)43-27(28)14-5-8-17(33)18(34)9-14/h3,5,8-11,15,21,23,25-26,30,32-36,38-39,41H,4,6-7,12H2,1-2H3/t15-,21+,23+,25-,26+,30-/m0/s1. The first-order chi connectivity index (χ1) is 21.1. The zero-order chi connectivity index (χ0) is 32.8. The quantitative estimate of drug-likeness (QED) is 0.136. The molecule has 1 fully saturated rings. The maximum absolute atomic E-state index is 13.6. The molecule has 5 rings (SSSR count). The van der Waals surface area contributed by atoms with E-state index in [1.54, 1.807) is 19.9 Å². The second-order valence-electron chi connectivity index (χ2n) is 11.7. The Balaban J connectivity index is 1.42. The first-order valence-corrected chi connectivity index (χ1v) is 14.2. The summed E-state index contributed by atoms with van der Waals surface area (Å²) >= 11 is 0. The van der Waals surface area contributed by atoms with Crippen LogP contribution in [0.1, 0.15) is 33.1 Å². The van der Waals surface area contributed by atoms with E-state index in [1.807, 2.05) is 0 Å². The van der Waals surface area contributed by atoms with E-state index in [2.05, 4.69) is 0 Å². The van der Waals surface area contributed by atoms with Gasteiger partial charge in [0.2, 0.25) is 17.5 Å². The second-order valence-corrected chi connectivity index (χ2v) is 11.7. The van der Waals surface area contributed by atoms with E-state index in [4.69, 9.17) is 18.6 Å². The lowest BCUT2D eigenvalue weighted by molar-refractivity contribution is -0.278. The molecular formula is C31H34O14. The number of ether oxygens (including phenoxy) is 3. The molecular weight excluding hydrogens is 596 g/mol. The number of phenols is 4. The highest BCUT2D eigenvalue weighted by molar-refractivity contribution is 5.89. The molecule has 1 aromatic heterocycles. The van der Waals surface area contributed by atoms with Crippen molar-refractivity contribution < 1.29 is 64.3 Å². The van der Waals surface area contributed by atoms with Crippen LogP contribution in [0.3, 0.4) is 0 Å². The molecule has 1 aliphatic carbocycles. The second kappa shape index (κ2) is 12.2. The Kier molecular flexibility index (Phi) is 8.70. The van der Waals surface area contributed by atoms with Crippen molar-refractivity contribution in [2.45, 2.75) is 69.4 Å². The van der Waals surface area contributed by atoms with E-state index in [9.17, 15) is 50.4 Å². The number of hydrogen-bond donors (Lipinski definition) is 8. The molecule has 3 aromatic rings. The molecule has 0 unspecified atom stereocenters. The first kappa shape index (κ1) is 32.1. The van der Waals surface area contributed by atoms with Crippen LogP contribution in [0.4, 0.5) is 0 Å². The van der Waals surface area contributed by atoms with Crippen molar-refractivity contribution in [2.24, 2.45) is 5.92 Å². The van der Waals surface area contributed by atoms with Gasteiger partial charge in [0.1, 0.15) is 53.5 Å². The minimum atomic E-state index is -1.93. The van der Waals surface area contributed by atoms with E-state index in [0.717, 1.165) is 24.3 Å². The molecule has 1 saturated heterocycles. The number of hydrogen-bond acceptors (Lipinski definition) is 14. The zero-order valence-corrected chi connectivity index (χ0v) is 24.3. The molecule has 0 radical (unpaired) electrons. The maximum Gasteiger partial charge on any atom is 0.333 e. The SMILES string of the molecule is CC(C)(O)[C@H]1CC=C(C(=O)OC[C@H]2O[C@@H](Oc3c(-c4ccc(O)c(O)c4)oc4cc(O)cc(O)c4c3=O)[C@H](O)[C@@H](O)[C@@H]2O)CC1. The molecule has 2 aliphatic rings. The van der Waals surface area contributed by atoms with Crippen LogP contribution >= 0.6 is 0 Å². The van der Waals surface area contributed by atoms with E-state index >= 15 is 0 Å². The normalized spacial score (nSPS) is 25.5. The number of benzene rings is 2. The summed E-state index contributed by atoms with van der Waals surface area (Å²) in [6, 6.07) is 5.34. The molecule has 8 N–H and O–H groups in total. The first-order valence-electron chi connectivity index (χ1n) is 14.2. The Morgan fingerprint density at radius 2 is 1.71 bits per heavy atom. The van der Waals surface area contributed by atoms with Crippen LogP contribution in [-0.2, 0) is 14.3 Å². The van der Waals surface area contributed by atoms with Crippen LogP contribution in [0.2, 0.25) is 0 Å².